The molecular formula is C25H28N6O4. The lowest BCUT2D eigenvalue weighted by Crippen LogP contribution is -2.34. The fourth-order valence-corrected chi connectivity index (χ4v) is 3.74. The maximum absolute atomic E-state index is 13.8. The van der Waals surface area contributed by atoms with Crippen molar-refractivity contribution in [2.45, 2.75) is 33.3 Å². The maximum Gasteiger partial charge on any atom is 0.414 e. The number of ether oxygens (including phenoxy) is 2. The lowest BCUT2D eigenvalue weighted by molar-refractivity contribution is 0.0589. The molecule has 0 aliphatic rings. The second-order valence-electron chi connectivity index (χ2n) is 9.10. The molecule has 0 atom stereocenters. The number of methoxy groups -OCH3 is 1. The molecule has 0 aliphatic carbocycles. The van der Waals surface area contributed by atoms with E-state index in [1.807, 2.05) is 19.1 Å². The number of benzene rings is 2. The largest absolute Gasteiger partial charge is 0.496 e. The van der Waals surface area contributed by atoms with E-state index in [1.54, 1.807) is 65.3 Å². The van der Waals surface area contributed by atoms with Crippen LogP contribution in [0.2, 0.25) is 0 Å². The third-order valence-corrected chi connectivity index (χ3v) is 5.44. The zero-order valence-corrected chi connectivity index (χ0v) is 20.6. The number of aryl methyl sites for hydroxylation is 1. The van der Waals surface area contributed by atoms with Crippen molar-refractivity contribution in [3.8, 4) is 17.1 Å². The molecule has 10 nitrogen and oxygen atoms in total. The lowest BCUT2D eigenvalue weighted by atomic mass is 10.2. The highest BCUT2D eigenvalue weighted by molar-refractivity contribution is 5.88. The van der Waals surface area contributed by atoms with Crippen LogP contribution >= 0.6 is 0 Å². The lowest BCUT2D eigenvalue weighted by Gasteiger charge is -2.25. The van der Waals surface area contributed by atoms with Gasteiger partial charge in [-0.05, 0) is 57.5 Å². The molecule has 0 bridgehead atoms. The van der Waals surface area contributed by atoms with Crippen LogP contribution in [0.15, 0.2) is 53.6 Å². The van der Waals surface area contributed by atoms with E-state index >= 15 is 0 Å². The van der Waals surface area contributed by atoms with E-state index in [2.05, 4.69) is 9.97 Å². The van der Waals surface area contributed by atoms with Gasteiger partial charge in [0.2, 0.25) is 0 Å². The van der Waals surface area contributed by atoms with E-state index in [9.17, 15) is 9.59 Å². The van der Waals surface area contributed by atoms with Crippen LogP contribution in [0.5, 0.6) is 5.75 Å². The molecule has 0 unspecified atom stereocenters. The number of hydrogen-bond donors (Lipinski definition) is 1. The average Bonchev–Trinajstić information content (AvgIpc) is 3.11. The highest BCUT2D eigenvalue weighted by Gasteiger charge is 2.23. The molecule has 0 saturated carbocycles. The second kappa shape index (κ2) is 8.79. The van der Waals surface area contributed by atoms with E-state index in [4.69, 9.17) is 15.2 Å². The fraction of sp³-hybridized carbons (Fsp3) is 0.280. The van der Waals surface area contributed by atoms with Gasteiger partial charge in [-0.3, -0.25) is 9.47 Å². The summed E-state index contributed by atoms with van der Waals surface area (Å²) in [4.78, 5) is 36.2. The number of aromatic nitrogens is 4. The van der Waals surface area contributed by atoms with Gasteiger partial charge in [0.1, 0.15) is 23.2 Å². The first-order valence-corrected chi connectivity index (χ1v) is 11.0. The highest BCUT2D eigenvalue weighted by Crippen LogP contribution is 2.27. The van der Waals surface area contributed by atoms with Gasteiger partial charge < -0.3 is 15.2 Å². The van der Waals surface area contributed by atoms with Crippen LogP contribution in [-0.4, -0.2) is 45.0 Å². The summed E-state index contributed by atoms with van der Waals surface area (Å²) < 4.78 is 13.8. The van der Waals surface area contributed by atoms with Crippen LogP contribution in [0, 0.1) is 6.92 Å². The zero-order chi connectivity index (χ0) is 25.5. The standard InChI is InChI=1S/C25H28N6O4/c1-15-10-11-18(13-19(15)34-6)30-20-21(26)27-14-28-22(20)31(23(30)32)17-9-7-8-16(12-17)29(5)24(33)35-25(2,3)4/h7-14H,1-6H3,(H2,26,27,28). The van der Waals surface area contributed by atoms with Crippen molar-refractivity contribution in [3.05, 3.63) is 64.8 Å². The summed E-state index contributed by atoms with van der Waals surface area (Å²) in [6.45, 7) is 7.31. The van der Waals surface area contributed by atoms with Gasteiger partial charge in [-0.25, -0.2) is 24.1 Å². The third-order valence-electron chi connectivity index (χ3n) is 5.44. The Bertz CT molecular complexity index is 1480. The molecule has 4 aromatic rings. The number of rotatable bonds is 4. The monoisotopic (exact) mass is 476 g/mol. The summed E-state index contributed by atoms with van der Waals surface area (Å²) in [7, 11) is 3.18. The third kappa shape index (κ3) is 4.42. The smallest absolute Gasteiger partial charge is 0.414 e. The molecule has 0 spiro atoms. The Morgan fingerprint density at radius 3 is 2.46 bits per heavy atom. The Balaban J connectivity index is 1.90. The highest BCUT2D eigenvalue weighted by atomic mass is 16.6. The predicted molar refractivity (Wildman–Crippen MR) is 135 cm³/mol. The molecule has 0 fully saturated rings. The van der Waals surface area contributed by atoms with Gasteiger partial charge >= 0.3 is 11.8 Å². The summed E-state index contributed by atoms with van der Waals surface area (Å²) in [6, 6.07) is 12.4. The minimum Gasteiger partial charge on any atom is -0.496 e. The zero-order valence-electron chi connectivity index (χ0n) is 20.6. The Hall–Kier alpha value is -4.34. The van der Waals surface area contributed by atoms with Gasteiger partial charge in [0.15, 0.2) is 11.5 Å². The first kappa shape index (κ1) is 23.8. The Labute approximate surface area is 202 Å². The molecular weight excluding hydrogens is 448 g/mol. The van der Waals surface area contributed by atoms with E-state index in [-0.39, 0.29) is 5.82 Å². The van der Waals surface area contributed by atoms with Crippen LogP contribution in [0.3, 0.4) is 0 Å². The van der Waals surface area contributed by atoms with Crippen molar-refractivity contribution in [2.75, 3.05) is 24.8 Å². The second-order valence-corrected chi connectivity index (χ2v) is 9.10. The number of fused-ring (bicyclic) bond motifs is 1. The van der Waals surface area contributed by atoms with Crippen molar-refractivity contribution in [1.29, 1.82) is 0 Å². The summed E-state index contributed by atoms with van der Waals surface area (Å²) in [5, 5.41) is 0. The van der Waals surface area contributed by atoms with E-state index in [1.165, 1.54) is 20.4 Å². The number of carbonyl (C=O) groups is 1. The Morgan fingerprint density at radius 2 is 1.77 bits per heavy atom. The van der Waals surface area contributed by atoms with Gasteiger partial charge in [-0.15, -0.1) is 0 Å². The molecule has 10 heteroatoms. The van der Waals surface area contributed by atoms with Crippen molar-refractivity contribution in [2.24, 2.45) is 0 Å². The molecule has 0 aliphatic heterocycles. The van der Waals surface area contributed by atoms with Crippen molar-refractivity contribution in [1.82, 2.24) is 19.1 Å². The van der Waals surface area contributed by atoms with Crippen LogP contribution in [0.4, 0.5) is 16.3 Å². The molecule has 4 rings (SSSR count). The van der Waals surface area contributed by atoms with Crippen molar-refractivity contribution in [3.63, 3.8) is 0 Å². The fourth-order valence-electron chi connectivity index (χ4n) is 3.74. The average molecular weight is 477 g/mol. The van der Waals surface area contributed by atoms with Gasteiger partial charge in [0.05, 0.1) is 18.5 Å². The molecule has 0 radical (unpaired) electrons. The van der Waals surface area contributed by atoms with Crippen LogP contribution in [-0.2, 0) is 4.74 Å². The van der Waals surface area contributed by atoms with Gasteiger partial charge in [0.25, 0.3) is 0 Å². The topological polar surface area (TPSA) is 118 Å². The quantitative estimate of drug-likeness (QED) is 0.475. The maximum atomic E-state index is 13.8. The number of imidazole rings is 1. The van der Waals surface area contributed by atoms with Gasteiger partial charge in [-0.2, -0.15) is 0 Å². The van der Waals surface area contributed by atoms with E-state index in [0.717, 1.165) is 5.56 Å². The molecule has 2 aromatic heterocycles. The minimum absolute atomic E-state index is 0.160. The first-order valence-electron chi connectivity index (χ1n) is 11.0. The van der Waals surface area contributed by atoms with Crippen LogP contribution in [0.1, 0.15) is 26.3 Å². The van der Waals surface area contributed by atoms with Crippen molar-refractivity contribution >= 4 is 28.8 Å². The number of nitrogens with zero attached hydrogens (tertiary/aromatic N) is 5. The van der Waals surface area contributed by atoms with Crippen LogP contribution in [0.25, 0.3) is 22.5 Å². The van der Waals surface area contributed by atoms with Gasteiger partial charge in [0, 0.05) is 18.8 Å². The summed E-state index contributed by atoms with van der Waals surface area (Å²) in [5.74, 6) is 0.791. The number of nitrogens with two attached hydrogens (primary N) is 1. The van der Waals surface area contributed by atoms with E-state index in [0.29, 0.717) is 34.0 Å². The number of nitrogen functional groups attached to an aromatic ring is 1. The first-order chi connectivity index (χ1) is 16.5. The number of carbonyl (C=O) groups excluding carboxylic acids is 1. The normalized spacial score (nSPS) is 11.5. The summed E-state index contributed by atoms with van der Waals surface area (Å²) in [6.07, 6.45) is 0.799. The predicted octanol–water partition coefficient (Wildman–Crippen LogP) is 3.84. The molecule has 2 heterocycles. The van der Waals surface area contributed by atoms with E-state index < -0.39 is 17.4 Å². The van der Waals surface area contributed by atoms with Crippen molar-refractivity contribution < 1.29 is 14.3 Å². The molecule has 0 saturated heterocycles. The van der Waals surface area contributed by atoms with Gasteiger partial charge in [-0.1, -0.05) is 12.1 Å². The Morgan fingerprint density at radius 1 is 1.06 bits per heavy atom. The minimum atomic E-state index is -0.642. The number of anilines is 2. The summed E-state index contributed by atoms with van der Waals surface area (Å²) >= 11 is 0. The number of hydrogen-bond acceptors (Lipinski definition) is 7. The van der Waals surface area contributed by atoms with Crippen LogP contribution < -0.4 is 21.1 Å². The molecule has 2 aromatic carbocycles. The number of amides is 1. The SMILES string of the molecule is COc1cc(-n2c(=O)n(-c3cccc(N(C)C(=O)OC(C)(C)C)c3)c3ncnc(N)c32)ccc1C. The molecule has 2 N–H and O–H groups in total. The Kier molecular flexibility index (Phi) is 5.98. The molecule has 1 amide bonds. The molecule has 182 valence electrons. The molecule has 35 heavy (non-hydrogen) atoms. The summed E-state index contributed by atoms with van der Waals surface area (Å²) in [5.41, 5.74) is 8.41.